The first-order chi connectivity index (χ1) is 8.85. The van der Waals surface area contributed by atoms with Gasteiger partial charge in [0.15, 0.2) is 0 Å². The first-order valence-electron chi connectivity index (χ1n) is 7.59. The van der Waals surface area contributed by atoms with Crippen molar-refractivity contribution in [2.24, 2.45) is 23.2 Å². The summed E-state index contributed by atoms with van der Waals surface area (Å²) in [5.74, 6) is 7.91. The monoisotopic (exact) mass is 296 g/mol. The Morgan fingerprint density at radius 1 is 1.05 bits per heavy atom. The van der Waals surface area contributed by atoms with Gasteiger partial charge in [0.25, 0.3) is 0 Å². The standard InChI is InChI=1S/C17H28S2/c1-6-13-7-9-14(10-8-13)17(5)18-11-15(12-19-17)16(2,3)4/h1,13-15H,7-12H2,2-5H3. The van der Waals surface area contributed by atoms with Gasteiger partial charge in [0, 0.05) is 5.92 Å². The van der Waals surface area contributed by atoms with Crippen molar-refractivity contribution in [2.45, 2.75) is 57.5 Å². The molecular weight excluding hydrogens is 268 g/mol. The zero-order valence-electron chi connectivity index (χ0n) is 12.9. The molecule has 0 aromatic rings. The van der Waals surface area contributed by atoms with Gasteiger partial charge in [-0.25, -0.2) is 0 Å². The van der Waals surface area contributed by atoms with Crippen molar-refractivity contribution in [3.63, 3.8) is 0 Å². The van der Waals surface area contributed by atoms with Gasteiger partial charge in [-0.05, 0) is 61.4 Å². The second kappa shape index (κ2) is 5.94. The average Bonchev–Trinajstić information content (AvgIpc) is 2.38. The molecule has 0 aromatic carbocycles. The topological polar surface area (TPSA) is 0 Å². The van der Waals surface area contributed by atoms with E-state index in [-0.39, 0.29) is 0 Å². The number of rotatable bonds is 1. The lowest BCUT2D eigenvalue weighted by molar-refractivity contribution is 0.280. The van der Waals surface area contributed by atoms with Crippen LogP contribution in [0.1, 0.15) is 53.4 Å². The molecule has 2 fully saturated rings. The average molecular weight is 297 g/mol. The molecule has 0 unspecified atom stereocenters. The highest BCUT2D eigenvalue weighted by Gasteiger charge is 2.42. The van der Waals surface area contributed by atoms with Gasteiger partial charge in [0.2, 0.25) is 0 Å². The molecule has 19 heavy (non-hydrogen) atoms. The fraction of sp³-hybridized carbons (Fsp3) is 0.882. The van der Waals surface area contributed by atoms with E-state index in [0.29, 0.717) is 15.4 Å². The molecule has 0 nitrogen and oxygen atoms in total. The van der Waals surface area contributed by atoms with Crippen LogP contribution in [0.4, 0.5) is 0 Å². The summed E-state index contributed by atoms with van der Waals surface area (Å²) >= 11 is 4.45. The Balaban J connectivity index is 1.90. The summed E-state index contributed by atoms with van der Waals surface area (Å²) in [5, 5.41) is 0. The van der Waals surface area contributed by atoms with E-state index in [1.807, 2.05) is 0 Å². The minimum Gasteiger partial charge on any atom is -0.144 e. The lowest BCUT2D eigenvalue weighted by atomic mass is 9.81. The molecule has 108 valence electrons. The maximum absolute atomic E-state index is 5.57. The number of thioether (sulfide) groups is 2. The molecule has 0 bridgehead atoms. The fourth-order valence-corrected chi connectivity index (χ4v) is 7.28. The third kappa shape index (κ3) is 3.67. The van der Waals surface area contributed by atoms with Crippen molar-refractivity contribution in [3.8, 4) is 12.3 Å². The molecule has 0 radical (unpaired) electrons. The quantitative estimate of drug-likeness (QED) is 0.603. The fourth-order valence-electron chi connectivity index (χ4n) is 3.14. The summed E-state index contributed by atoms with van der Waals surface area (Å²) in [6, 6.07) is 0. The Morgan fingerprint density at radius 3 is 2.00 bits per heavy atom. The Morgan fingerprint density at radius 2 is 1.58 bits per heavy atom. The lowest BCUT2D eigenvalue weighted by Crippen LogP contribution is -2.39. The third-order valence-corrected chi connectivity index (χ3v) is 8.73. The van der Waals surface area contributed by atoms with Crippen molar-refractivity contribution in [1.82, 2.24) is 0 Å². The largest absolute Gasteiger partial charge is 0.144 e. The molecule has 2 heteroatoms. The van der Waals surface area contributed by atoms with E-state index >= 15 is 0 Å². The highest BCUT2D eigenvalue weighted by atomic mass is 32.2. The second-order valence-corrected chi connectivity index (χ2v) is 10.6. The summed E-state index contributed by atoms with van der Waals surface area (Å²) < 4.78 is 0.446. The van der Waals surface area contributed by atoms with Crippen LogP contribution < -0.4 is 0 Å². The maximum Gasteiger partial charge on any atom is 0.0611 e. The van der Waals surface area contributed by atoms with E-state index in [2.05, 4.69) is 57.1 Å². The number of hydrogen-bond donors (Lipinski definition) is 0. The lowest BCUT2D eigenvalue weighted by Gasteiger charge is -2.46. The van der Waals surface area contributed by atoms with Crippen molar-refractivity contribution in [2.75, 3.05) is 11.5 Å². The zero-order valence-corrected chi connectivity index (χ0v) is 14.5. The smallest absolute Gasteiger partial charge is 0.0611 e. The van der Waals surface area contributed by atoms with Gasteiger partial charge in [-0.3, -0.25) is 0 Å². The molecule has 1 aliphatic carbocycles. The van der Waals surface area contributed by atoms with E-state index in [9.17, 15) is 0 Å². The van der Waals surface area contributed by atoms with E-state index < -0.39 is 0 Å². The molecule has 1 aliphatic heterocycles. The van der Waals surface area contributed by atoms with E-state index in [1.54, 1.807) is 0 Å². The summed E-state index contributed by atoms with van der Waals surface area (Å²) in [6.07, 6.45) is 10.7. The summed E-state index contributed by atoms with van der Waals surface area (Å²) in [5.41, 5.74) is 0.461. The van der Waals surface area contributed by atoms with Gasteiger partial charge < -0.3 is 0 Å². The maximum atomic E-state index is 5.57. The van der Waals surface area contributed by atoms with Crippen LogP contribution in [0.3, 0.4) is 0 Å². The molecule has 0 N–H and O–H groups in total. The molecule has 2 aliphatic rings. The molecule has 1 saturated carbocycles. The van der Waals surface area contributed by atoms with Crippen LogP contribution in [-0.2, 0) is 0 Å². The molecule has 0 spiro atoms. The Hall–Kier alpha value is 0.260. The van der Waals surface area contributed by atoms with Crippen LogP contribution >= 0.6 is 23.5 Å². The molecule has 0 amide bonds. The summed E-state index contributed by atoms with van der Waals surface area (Å²) in [4.78, 5) is 0. The van der Waals surface area contributed by atoms with Crippen molar-refractivity contribution in [3.05, 3.63) is 0 Å². The number of hydrogen-bond acceptors (Lipinski definition) is 2. The third-order valence-electron chi connectivity index (χ3n) is 5.07. The summed E-state index contributed by atoms with van der Waals surface area (Å²) in [6.45, 7) is 9.65. The minimum atomic E-state index is 0.446. The van der Waals surface area contributed by atoms with Crippen LogP contribution in [0.25, 0.3) is 0 Å². The highest BCUT2D eigenvalue weighted by molar-refractivity contribution is 8.18. The van der Waals surface area contributed by atoms with Crippen LogP contribution in [0, 0.1) is 35.5 Å². The van der Waals surface area contributed by atoms with Crippen LogP contribution in [0.5, 0.6) is 0 Å². The van der Waals surface area contributed by atoms with Gasteiger partial charge in [-0.1, -0.05) is 20.8 Å². The normalized spacial score (nSPS) is 40.7. The van der Waals surface area contributed by atoms with Crippen LogP contribution in [0.2, 0.25) is 0 Å². The molecular formula is C17H28S2. The highest BCUT2D eigenvalue weighted by Crippen LogP contribution is 2.55. The van der Waals surface area contributed by atoms with Crippen LogP contribution in [0.15, 0.2) is 0 Å². The van der Waals surface area contributed by atoms with Crippen molar-refractivity contribution >= 4 is 23.5 Å². The zero-order chi connectivity index (χ0) is 14.1. The van der Waals surface area contributed by atoms with E-state index in [0.717, 1.165) is 11.8 Å². The Bertz CT molecular complexity index is 331. The molecule has 0 atom stereocenters. The van der Waals surface area contributed by atoms with Crippen molar-refractivity contribution < 1.29 is 0 Å². The summed E-state index contributed by atoms with van der Waals surface area (Å²) in [7, 11) is 0. The SMILES string of the molecule is C#CC1CCC(C2(C)SCC(C(C)(C)C)CS2)CC1. The van der Waals surface area contributed by atoms with Crippen molar-refractivity contribution in [1.29, 1.82) is 0 Å². The molecule has 0 aromatic heterocycles. The molecule has 1 heterocycles. The first-order valence-corrected chi connectivity index (χ1v) is 9.56. The van der Waals surface area contributed by atoms with Crippen LogP contribution in [-0.4, -0.2) is 15.6 Å². The van der Waals surface area contributed by atoms with E-state index in [4.69, 9.17) is 6.42 Å². The first kappa shape index (κ1) is 15.6. The van der Waals surface area contributed by atoms with Gasteiger partial charge in [-0.2, -0.15) is 0 Å². The minimum absolute atomic E-state index is 0.446. The second-order valence-electron chi connectivity index (χ2n) is 7.42. The predicted molar refractivity (Wildman–Crippen MR) is 90.5 cm³/mol. The van der Waals surface area contributed by atoms with Gasteiger partial charge in [0.1, 0.15) is 0 Å². The molecule has 2 rings (SSSR count). The number of terminal acetylenes is 1. The predicted octanol–water partition coefficient (Wildman–Crippen LogP) is 5.28. The Labute approximate surface area is 128 Å². The van der Waals surface area contributed by atoms with E-state index in [1.165, 1.54) is 37.2 Å². The van der Waals surface area contributed by atoms with Gasteiger partial charge in [0.05, 0.1) is 4.08 Å². The van der Waals surface area contributed by atoms with Gasteiger partial charge >= 0.3 is 0 Å². The van der Waals surface area contributed by atoms with Gasteiger partial charge in [-0.15, -0.1) is 35.9 Å². The Kier molecular flexibility index (Phi) is 4.89. The molecule has 1 saturated heterocycles.